The first kappa shape index (κ1) is 17.5. The summed E-state index contributed by atoms with van der Waals surface area (Å²) in [5.41, 5.74) is 3.60. The van der Waals surface area contributed by atoms with Crippen molar-refractivity contribution >= 4 is 17.7 Å². The molecule has 4 rings (SSSR count). The maximum absolute atomic E-state index is 12.6. The highest BCUT2D eigenvalue weighted by Gasteiger charge is 2.51. The molecule has 1 amide bonds. The second-order valence-corrected chi connectivity index (χ2v) is 8.77. The molecule has 2 saturated heterocycles. The molecule has 2 aliphatic rings. The van der Waals surface area contributed by atoms with Gasteiger partial charge in [0.2, 0.25) is 0 Å². The van der Waals surface area contributed by atoms with Crippen LogP contribution in [0, 0.1) is 13.8 Å². The number of pyridine rings is 2. The minimum atomic E-state index is 0.0354. The lowest BCUT2D eigenvalue weighted by Gasteiger charge is -2.47. The van der Waals surface area contributed by atoms with Crippen LogP contribution in [-0.2, 0) is 11.3 Å². The molecule has 2 aromatic rings. The third-order valence-electron chi connectivity index (χ3n) is 4.97. The minimum absolute atomic E-state index is 0.0354. The van der Waals surface area contributed by atoms with Crippen LogP contribution in [-0.4, -0.2) is 50.5 Å². The van der Waals surface area contributed by atoms with E-state index < -0.39 is 0 Å². The second-order valence-electron chi connectivity index (χ2n) is 7.28. The molecule has 2 aromatic heterocycles. The lowest BCUT2D eigenvalue weighted by Crippen LogP contribution is -2.60. The number of thioether (sulfide) groups is 1. The van der Waals surface area contributed by atoms with Crippen LogP contribution in [0.3, 0.4) is 0 Å². The van der Waals surface area contributed by atoms with Gasteiger partial charge in [-0.05, 0) is 50.1 Å². The van der Waals surface area contributed by atoms with E-state index in [-0.39, 0.29) is 16.8 Å². The first-order valence-electron chi connectivity index (χ1n) is 8.93. The fourth-order valence-corrected chi connectivity index (χ4v) is 5.17. The summed E-state index contributed by atoms with van der Waals surface area (Å²) in [6.45, 7) is 6.10. The van der Waals surface area contributed by atoms with Crippen LogP contribution in [0.5, 0.6) is 0 Å². The van der Waals surface area contributed by atoms with E-state index in [1.54, 1.807) is 6.20 Å². The summed E-state index contributed by atoms with van der Waals surface area (Å²) in [6, 6.07) is 9.78. The number of aryl methyl sites for hydroxylation is 2. The predicted molar refractivity (Wildman–Crippen MR) is 102 cm³/mol. The van der Waals surface area contributed by atoms with Gasteiger partial charge >= 0.3 is 0 Å². The number of likely N-dealkylation sites (tertiary alicyclic amines) is 1. The topological polar surface area (TPSA) is 55.3 Å². The second kappa shape index (κ2) is 7.00. The van der Waals surface area contributed by atoms with Gasteiger partial charge in [0.25, 0.3) is 5.91 Å². The average molecular weight is 369 g/mol. The molecule has 1 unspecified atom stereocenters. The lowest BCUT2D eigenvalue weighted by atomic mass is 9.92. The Morgan fingerprint density at radius 2 is 2.19 bits per heavy atom. The third kappa shape index (κ3) is 3.62. The van der Waals surface area contributed by atoms with E-state index in [1.165, 1.54) is 0 Å². The van der Waals surface area contributed by atoms with Crippen molar-refractivity contribution in [1.29, 1.82) is 0 Å². The van der Waals surface area contributed by atoms with Gasteiger partial charge in [-0.15, -0.1) is 11.8 Å². The summed E-state index contributed by atoms with van der Waals surface area (Å²) in [6.07, 6.45) is 2.93. The fourth-order valence-electron chi connectivity index (χ4n) is 3.62. The van der Waals surface area contributed by atoms with Crippen LogP contribution in [0.15, 0.2) is 36.5 Å². The molecule has 0 aliphatic carbocycles. The van der Waals surface area contributed by atoms with Crippen LogP contribution in [0.25, 0.3) is 0 Å². The number of ether oxygens (including phenoxy) is 1. The number of amides is 1. The summed E-state index contributed by atoms with van der Waals surface area (Å²) in [5, 5.41) is 0. The van der Waals surface area contributed by atoms with Crippen molar-refractivity contribution in [2.45, 2.75) is 37.7 Å². The zero-order chi connectivity index (χ0) is 18.1. The van der Waals surface area contributed by atoms with E-state index in [9.17, 15) is 4.79 Å². The number of aromatic nitrogens is 2. The van der Waals surface area contributed by atoms with Crippen molar-refractivity contribution in [2.24, 2.45) is 0 Å². The van der Waals surface area contributed by atoms with Crippen LogP contribution >= 0.6 is 11.8 Å². The van der Waals surface area contributed by atoms with Gasteiger partial charge in [0.15, 0.2) is 0 Å². The monoisotopic (exact) mass is 369 g/mol. The highest BCUT2D eigenvalue weighted by Crippen LogP contribution is 2.46. The standard InChI is InChI=1S/C20H23N3O2S/c1-14-6-7-21-18(8-14)19(24)23-12-20(13-23)9-17(11-26-20)25-10-16-5-3-4-15(2)22-16/h3-8,17H,9-13H2,1-2H3. The molecule has 5 nitrogen and oxygen atoms in total. The number of carbonyl (C=O) groups is 1. The van der Waals surface area contributed by atoms with Crippen molar-refractivity contribution in [1.82, 2.24) is 14.9 Å². The zero-order valence-corrected chi connectivity index (χ0v) is 16.0. The van der Waals surface area contributed by atoms with E-state index in [4.69, 9.17) is 4.74 Å². The van der Waals surface area contributed by atoms with Crippen molar-refractivity contribution in [2.75, 3.05) is 18.8 Å². The maximum atomic E-state index is 12.6. The summed E-state index contributed by atoms with van der Waals surface area (Å²) in [7, 11) is 0. The Morgan fingerprint density at radius 1 is 1.35 bits per heavy atom. The van der Waals surface area contributed by atoms with Crippen LogP contribution in [0.4, 0.5) is 0 Å². The molecule has 136 valence electrons. The third-order valence-corrected chi connectivity index (χ3v) is 6.54. The average Bonchev–Trinajstić information content (AvgIpc) is 3.03. The molecule has 4 heterocycles. The Kier molecular flexibility index (Phi) is 4.71. The van der Waals surface area contributed by atoms with E-state index in [0.29, 0.717) is 12.3 Å². The SMILES string of the molecule is Cc1ccnc(C(=O)N2CC3(CC(OCc4cccc(C)n4)CS3)C2)c1. The molecule has 1 atom stereocenters. The van der Waals surface area contributed by atoms with Crippen molar-refractivity contribution < 1.29 is 9.53 Å². The number of nitrogens with zero attached hydrogens (tertiary/aromatic N) is 3. The maximum Gasteiger partial charge on any atom is 0.272 e. The van der Waals surface area contributed by atoms with Gasteiger partial charge in [-0.1, -0.05) is 6.07 Å². The Hall–Kier alpha value is -1.92. The highest BCUT2D eigenvalue weighted by molar-refractivity contribution is 8.01. The first-order valence-corrected chi connectivity index (χ1v) is 9.92. The van der Waals surface area contributed by atoms with Crippen molar-refractivity contribution in [3.05, 3.63) is 59.2 Å². The molecule has 0 radical (unpaired) electrons. The Labute approximate surface area is 158 Å². The smallest absolute Gasteiger partial charge is 0.272 e. The largest absolute Gasteiger partial charge is 0.371 e. The molecule has 0 aromatic carbocycles. The van der Waals surface area contributed by atoms with Gasteiger partial charge in [-0.2, -0.15) is 0 Å². The number of rotatable bonds is 4. The van der Waals surface area contributed by atoms with Crippen molar-refractivity contribution in [3.63, 3.8) is 0 Å². The van der Waals surface area contributed by atoms with Gasteiger partial charge < -0.3 is 9.64 Å². The van der Waals surface area contributed by atoms with Crippen molar-refractivity contribution in [3.8, 4) is 0 Å². The summed E-state index contributed by atoms with van der Waals surface area (Å²) in [5.74, 6) is 1.02. The van der Waals surface area contributed by atoms with Gasteiger partial charge in [0, 0.05) is 30.7 Å². The van der Waals surface area contributed by atoms with Gasteiger partial charge in [0.1, 0.15) is 5.69 Å². The summed E-state index contributed by atoms with van der Waals surface area (Å²) in [4.78, 5) is 23.2. The minimum Gasteiger partial charge on any atom is -0.371 e. The molecule has 0 saturated carbocycles. The molecule has 2 fully saturated rings. The van der Waals surface area contributed by atoms with E-state index in [1.807, 2.05) is 60.8 Å². The number of hydrogen-bond donors (Lipinski definition) is 0. The summed E-state index contributed by atoms with van der Waals surface area (Å²) >= 11 is 1.94. The van der Waals surface area contributed by atoms with E-state index in [0.717, 1.165) is 42.2 Å². The van der Waals surface area contributed by atoms with E-state index in [2.05, 4.69) is 9.97 Å². The summed E-state index contributed by atoms with van der Waals surface area (Å²) < 4.78 is 6.23. The van der Waals surface area contributed by atoms with Gasteiger partial charge in [-0.25, -0.2) is 0 Å². The molecule has 2 aliphatic heterocycles. The first-order chi connectivity index (χ1) is 12.5. The molecule has 0 N–H and O–H groups in total. The van der Waals surface area contributed by atoms with Gasteiger partial charge in [0.05, 0.1) is 23.2 Å². The molecule has 0 bridgehead atoms. The zero-order valence-electron chi connectivity index (χ0n) is 15.1. The van der Waals surface area contributed by atoms with Crippen LogP contribution < -0.4 is 0 Å². The fraction of sp³-hybridized carbons (Fsp3) is 0.450. The Morgan fingerprint density at radius 3 is 2.96 bits per heavy atom. The Balaban J connectivity index is 1.29. The molecular weight excluding hydrogens is 346 g/mol. The van der Waals surface area contributed by atoms with Crippen LogP contribution in [0.2, 0.25) is 0 Å². The predicted octanol–water partition coefficient (Wildman–Crippen LogP) is 3.01. The van der Waals surface area contributed by atoms with Crippen LogP contribution in [0.1, 0.15) is 33.9 Å². The molecular formula is C20H23N3O2S. The molecule has 26 heavy (non-hydrogen) atoms. The lowest BCUT2D eigenvalue weighted by molar-refractivity contribution is 0.0242. The quantitative estimate of drug-likeness (QED) is 0.829. The Bertz CT molecular complexity index is 820. The van der Waals surface area contributed by atoms with Gasteiger partial charge in [-0.3, -0.25) is 14.8 Å². The highest BCUT2D eigenvalue weighted by atomic mass is 32.2. The number of hydrogen-bond acceptors (Lipinski definition) is 5. The number of carbonyl (C=O) groups excluding carboxylic acids is 1. The normalized spacial score (nSPS) is 21.0. The molecule has 1 spiro atoms. The van der Waals surface area contributed by atoms with E-state index >= 15 is 0 Å². The molecule has 6 heteroatoms.